The molecule has 0 N–H and O–H groups in total. The van der Waals surface area contributed by atoms with Crippen molar-refractivity contribution in [2.24, 2.45) is 0 Å². The van der Waals surface area contributed by atoms with Gasteiger partial charge in [-0.2, -0.15) is 4.31 Å². The third kappa shape index (κ3) is 5.74. The van der Waals surface area contributed by atoms with Gasteiger partial charge >= 0.3 is 0 Å². The zero-order valence-corrected chi connectivity index (χ0v) is 21.6. The third-order valence-electron chi connectivity index (χ3n) is 7.75. The molecule has 4 heterocycles. The molecule has 1 aromatic heterocycles. The number of pyridine rings is 1. The zero-order chi connectivity index (χ0) is 25.0. The quantitative estimate of drug-likeness (QED) is 0.590. The molecule has 1 amide bonds. The van der Waals surface area contributed by atoms with Crippen LogP contribution in [0.4, 0.5) is 0 Å². The number of nitrogens with zero attached hydrogens (tertiary/aromatic N) is 4. The van der Waals surface area contributed by atoms with Crippen molar-refractivity contribution in [3.05, 3.63) is 54.4 Å². The zero-order valence-electron chi connectivity index (χ0n) is 20.8. The van der Waals surface area contributed by atoms with Crippen LogP contribution in [0.3, 0.4) is 0 Å². The molecule has 8 nitrogen and oxygen atoms in total. The van der Waals surface area contributed by atoms with E-state index in [0.717, 1.165) is 76.9 Å². The number of rotatable bonds is 6. The largest absolute Gasteiger partial charge is 0.490 e. The van der Waals surface area contributed by atoms with E-state index in [9.17, 15) is 13.2 Å². The lowest BCUT2D eigenvalue weighted by Gasteiger charge is -2.41. The molecule has 9 heteroatoms. The molecule has 0 saturated carbocycles. The number of benzene rings is 1. The first-order valence-electron chi connectivity index (χ1n) is 13.2. The fourth-order valence-electron chi connectivity index (χ4n) is 5.61. The minimum absolute atomic E-state index is 0.0140. The number of likely N-dealkylation sites (tertiary alicyclic amines) is 2. The van der Waals surface area contributed by atoms with Crippen LogP contribution >= 0.6 is 0 Å². The summed E-state index contributed by atoms with van der Waals surface area (Å²) < 4.78 is 33.4. The summed E-state index contributed by atoms with van der Waals surface area (Å²) >= 11 is 0. The van der Waals surface area contributed by atoms with Crippen molar-refractivity contribution in [1.29, 1.82) is 0 Å². The van der Waals surface area contributed by atoms with Gasteiger partial charge in [-0.3, -0.25) is 14.7 Å². The summed E-state index contributed by atoms with van der Waals surface area (Å²) in [6, 6.07) is 10.8. The molecule has 3 fully saturated rings. The molecular formula is C27H36N4O4S. The number of piperidine rings is 3. The van der Waals surface area contributed by atoms with Crippen LogP contribution in [-0.4, -0.2) is 84.8 Å². The van der Waals surface area contributed by atoms with E-state index in [2.05, 4.69) is 9.88 Å². The van der Waals surface area contributed by atoms with E-state index in [1.807, 2.05) is 17.0 Å². The molecule has 0 aliphatic carbocycles. The molecule has 1 aromatic carbocycles. The Morgan fingerprint density at radius 3 is 2.08 bits per heavy atom. The first kappa shape index (κ1) is 25.2. The van der Waals surface area contributed by atoms with E-state index < -0.39 is 10.0 Å². The maximum absolute atomic E-state index is 13.1. The maximum Gasteiger partial charge on any atom is 0.253 e. The van der Waals surface area contributed by atoms with Crippen LogP contribution in [0.25, 0.3) is 0 Å². The Morgan fingerprint density at radius 2 is 1.44 bits per heavy atom. The second-order valence-electron chi connectivity index (χ2n) is 10.0. The number of hydrogen-bond donors (Lipinski definition) is 0. The molecular weight excluding hydrogens is 476 g/mol. The standard InChI is InChI=1S/C27H36N4O4S/c32-27(22-4-6-26(7-5-22)36(33,34)31-16-2-1-3-17-31)30-18-10-23(11-19-30)29-20-12-25(13-21-29)35-24-8-14-28-15-9-24/h4-9,14-15,23,25H,1-3,10-13,16-21H2. The van der Waals surface area contributed by atoms with E-state index in [1.54, 1.807) is 41.0 Å². The summed E-state index contributed by atoms with van der Waals surface area (Å²) in [6.07, 6.45) is 10.6. The van der Waals surface area contributed by atoms with Crippen molar-refractivity contribution in [3.8, 4) is 5.75 Å². The Hall–Kier alpha value is -2.49. The summed E-state index contributed by atoms with van der Waals surface area (Å²) in [4.78, 5) is 21.9. The predicted molar refractivity (Wildman–Crippen MR) is 137 cm³/mol. The van der Waals surface area contributed by atoms with Crippen LogP contribution in [-0.2, 0) is 10.0 Å². The predicted octanol–water partition coefficient (Wildman–Crippen LogP) is 3.40. The molecule has 5 rings (SSSR count). The van der Waals surface area contributed by atoms with Crippen LogP contribution in [0.5, 0.6) is 5.75 Å². The molecule has 194 valence electrons. The monoisotopic (exact) mass is 512 g/mol. The number of hydrogen-bond acceptors (Lipinski definition) is 6. The molecule has 0 radical (unpaired) electrons. The van der Waals surface area contributed by atoms with Crippen molar-refractivity contribution in [2.45, 2.75) is 62.0 Å². The number of sulfonamides is 1. The third-order valence-corrected chi connectivity index (χ3v) is 9.66. The number of carbonyl (C=O) groups is 1. The molecule has 0 atom stereocenters. The Labute approximate surface area is 214 Å². The first-order valence-corrected chi connectivity index (χ1v) is 14.6. The van der Waals surface area contributed by atoms with Crippen LogP contribution in [0, 0.1) is 0 Å². The Balaban J connectivity index is 1.10. The summed E-state index contributed by atoms with van der Waals surface area (Å²) in [5.41, 5.74) is 0.556. The highest BCUT2D eigenvalue weighted by atomic mass is 32.2. The van der Waals surface area contributed by atoms with Crippen molar-refractivity contribution in [3.63, 3.8) is 0 Å². The number of aromatic nitrogens is 1. The number of carbonyl (C=O) groups excluding carboxylic acids is 1. The van der Waals surface area contributed by atoms with E-state index >= 15 is 0 Å². The number of amides is 1. The van der Waals surface area contributed by atoms with Gasteiger partial charge in [0.05, 0.1) is 4.90 Å². The lowest BCUT2D eigenvalue weighted by molar-refractivity contribution is 0.0425. The topological polar surface area (TPSA) is 83.1 Å². The molecule has 0 spiro atoms. The van der Waals surface area contributed by atoms with Crippen molar-refractivity contribution in [2.75, 3.05) is 39.3 Å². The highest BCUT2D eigenvalue weighted by Gasteiger charge is 2.31. The van der Waals surface area contributed by atoms with Gasteiger partial charge < -0.3 is 9.64 Å². The highest BCUT2D eigenvalue weighted by Crippen LogP contribution is 2.25. The van der Waals surface area contributed by atoms with E-state index in [1.165, 1.54) is 0 Å². The molecule has 0 bridgehead atoms. The van der Waals surface area contributed by atoms with Crippen molar-refractivity contribution in [1.82, 2.24) is 19.1 Å². The van der Waals surface area contributed by atoms with Gasteiger partial charge in [0.2, 0.25) is 10.0 Å². The van der Waals surface area contributed by atoms with Gasteiger partial charge in [-0.05, 0) is 74.9 Å². The van der Waals surface area contributed by atoms with Gasteiger partial charge in [-0.25, -0.2) is 8.42 Å². The normalized spacial score (nSPS) is 21.4. The first-order chi connectivity index (χ1) is 17.5. The van der Waals surface area contributed by atoms with Gasteiger partial charge in [-0.15, -0.1) is 0 Å². The Morgan fingerprint density at radius 1 is 0.806 bits per heavy atom. The van der Waals surface area contributed by atoms with Gasteiger partial charge in [-0.1, -0.05) is 6.42 Å². The molecule has 3 aliphatic rings. The van der Waals surface area contributed by atoms with Crippen LogP contribution < -0.4 is 4.74 Å². The Bertz CT molecular complexity index is 1100. The van der Waals surface area contributed by atoms with Crippen molar-refractivity contribution < 1.29 is 17.9 Å². The van der Waals surface area contributed by atoms with E-state index in [0.29, 0.717) is 24.7 Å². The Kier molecular flexibility index (Phi) is 7.88. The smallest absolute Gasteiger partial charge is 0.253 e. The fraction of sp³-hybridized carbons (Fsp3) is 0.556. The van der Waals surface area contributed by atoms with E-state index in [-0.39, 0.29) is 16.9 Å². The minimum Gasteiger partial charge on any atom is -0.490 e. The highest BCUT2D eigenvalue weighted by molar-refractivity contribution is 7.89. The summed E-state index contributed by atoms with van der Waals surface area (Å²) in [7, 11) is -3.48. The maximum atomic E-state index is 13.1. The van der Waals surface area contributed by atoms with Gasteiger partial charge in [0.25, 0.3) is 5.91 Å². The van der Waals surface area contributed by atoms with Crippen LogP contribution in [0.1, 0.15) is 55.3 Å². The lowest BCUT2D eigenvalue weighted by Crippen LogP contribution is -2.50. The second kappa shape index (κ2) is 11.3. The van der Waals surface area contributed by atoms with E-state index in [4.69, 9.17) is 4.74 Å². The van der Waals surface area contributed by atoms with Crippen LogP contribution in [0.15, 0.2) is 53.7 Å². The average molecular weight is 513 g/mol. The SMILES string of the molecule is O=C(c1ccc(S(=O)(=O)N2CCCCC2)cc1)N1CCC(N2CCC(Oc3ccncc3)CC2)CC1. The molecule has 2 aromatic rings. The summed E-state index contributed by atoms with van der Waals surface area (Å²) in [6.45, 7) is 4.64. The van der Waals surface area contributed by atoms with Gasteiger partial charge in [0.15, 0.2) is 0 Å². The lowest BCUT2D eigenvalue weighted by atomic mass is 9.98. The minimum atomic E-state index is -3.48. The van der Waals surface area contributed by atoms with Gasteiger partial charge in [0, 0.05) is 63.3 Å². The molecule has 3 aliphatic heterocycles. The molecule has 3 saturated heterocycles. The molecule has 0 unspecified atom stereocenters. The summed E-state index contributed by atoms with van der Waals surface area (Å²) in [5, 5.41) is 0. The summed E-state index contributed by atoms with van der Waals surface area (Å²) in [5.74, 6) is 0.868. The molecule has 36 heavy (non-hydrogen) atoms. The van der Waals surface area contributed by atoms with Crippen LogP contribution in [0.2, 0.25) is 0 Å². The van der Waals surface area contributed by atoms with Crippen molar-refractivity contribution >= 4 is 15.9 Å². The number of ether oxygens (including phenoxy) is 1. The fourth-order valence-corrected chi connectivity index (χ4v) is 7.13. The second-order valence-corrected chi connectivity index (χ2v) is 12.0. The van der Waals surface area contributed by atoms with Gasteiger partial charge in [0.1, 0.15) is 11.9 Å². The average Bonchev–Trinajstić information content (AvgIpc) is 2.94.